The molecule has 0 saturated carbocycles. The standard InChI is InChI=1S/C10H9NO2S/c1-5-2-7-8(11)3-6(10(12)13)4-9(7)14-5/h2-4H,11H2,1H3,(H,12,13). The van der Waals surface area contributed by atoms with Crippen LogP contribution < -0.4 is 5.73 Å². The molecule has 0 aliphatic heterocycles. The molecule has 0 bridgehead atoms. The normalized spacial score (nSPS) is 10.6. The lowest BCUT2D eigenvalue weighted by Gasteiger charge is -1.98. The van der Waals surface area contributed by atoms with Crippen LogP contribution >= 0.6 is 11.3 Å². The first-order chi connectivity index (χ1) is 6.58. The van der Waals surface area contributed by atoms with E-state index >= 15 is 0 Å². The average molecular weight is 207 g/mol. The van der Waals surface area contributed by atoms with Gasteiger partial charge in [-0.3, -0.25) is 0 Å². The largest absolute Gasteiger partial charge is 0.478 e. The van der Waals surface area contributed by atoms with Crippen LogP contribution in [0.4, 0.5) is 5.69 Å². The molecule has 3 N–H and O–H groups in total. The summed E-state index contributed by atoms with van der Waals surface area (Å²) < 4.78 is 0.930. The summed E-state index contributed by atoms with van der Waals surface area (Å²) in [6.45, 7) is 1.98. The van der Waals surface area contributed by atoms with Crippen LogP contribution in [-0.4, -0.2) is 11.1 Å². The highest BCUT2D eigenvalue weighted by Crippen LogP contribution is 2.30. The summed E-state index contributed by atoms with van der Waals surface area (Å²) >= 11 is 1.55. The molecule has 2 aromatic rings. The third-order valence-corrected chi connectivity index (χ3v) is 3.04. The second kappa shape index (κ2) is 2.99. The third-order valence-electron chi connectivity index (χ3n) is 2.04. The van der Waals surface area contributed by atoms with Crippen molar-refractivity contribution in [2.45, 2.75) is 6.92 Å². The van der Waals surface area contributed by atoms with E-state index in [-0.39, 0.29) is 5.56 Å². The molecule has 1 aromatic carbocycles. The van der Waals surface area contributed by atoms with Crippen LogP contribution in [0.2, 0.25) is 0 Å². The fourth-order valence-electron chi connectivity index (χ4n) is 1.42. The molecule has 0 spiro atoms. The number of fused-ring (bicyclic) bond motifs is 1. The molecule has 0 saturated heterocycles. The summed E-state index contributed by atoms with van der Waals surface area (Å²) in [4.78, 5) is 11.9. The molecule has 0 aliphatic rings. The lowest BCUT2D eigenvalue weighted by atomic mass is 10.1. The fraction of sp³-hybridized carbons (Fsp3) is 0.100. The number of anilines is 1. The summed E-state index contributed by atoms with van der Waals surface area (Å²) in [7, 11) is 0. The zero-order valence-electron chi connectivity index (χ0n) is 7.57. The number of carbonyl (C=O) groups is 1. The molecule has 0 fully saturated rings. The summed E-state index contributed by atoms with van der Waals surface area (Å²) in [5.74, 6) is -0.940. The second-order valence-electron chi connectivity index (χ2n) is 3.14. The van der Waals surface area contributed by atoms with Gasteiger partial charge < -0.3 is 10.8 Å². The molecule has 0 amide bonds. The van der Waals surface area contributed by atoms with E-state index in [2.05, 4.69) is 0 Å². The molecule has 4 heteroatoms. The summed E-state index contributed by atoms with van der Waals surface area (Å²) in [5, 5.41) is 9.77. The Bertz CT molecular complexity index is 516. The van der Waals surface area contributed by atoms with Crippen LogP contribution in [0.15, 0.2) is 18.2 Å². The minimum Gasteiger partial charge on any atom is -0.478 e. The highest BCUT2D eigenvalue weighted by Gasteiger charge is 2.08. The van der Waals surface area contributed by atoms with Gasteiger partial charge in [0, 0.05) is 20.7 Å². The van der Waals surface area contributed by atoms with Crippen LogP contribution in [0, 0.1) is 6.92 Å². The van der Waals surface area contributed by atoms with Gasteiger partial charge in [-0.2, -0.15) is 0 Å². The van der Waals surface area contributed by atoms with Crippen LogP contribution in [0.1, 0.15) is 15.2 Å². The van der Waals surface area contributed by atoms with Crippen molar-refractivity contribution in [2.75, 3.05) is 5.73 Å². The zero-order valence-corrected chi connectivity index (χ0v) is 8.39. The Balaban J connectivity index is 2.77. The molecule has 1 heterocycles. The van der Waals surface area contributed by atoms with Gasteiger partial charge in [-0.25, -0.2) is 4.79 Å². The fourth-order valence-corrected chi connectivity index (χ4v) is 2.41. The Morgan fingerprint density at radius 3 is 2.79 bits per heavy atom. The Kier molecular flexibility index (Phi) is 1.93. The Morgan fingerprint density at radius 1 is 1.43 bits per heavy atom. The van der Waals surface area contributed by atoms with Gasteiger partial charge in [0.05, 0.1) is 5.56 Å². The monoisotopic (exact) mass is 207 g/mol. The number of nitrogens with two attached hydrogens (primary N) is 1. The number of benzene rings is 1. The van der Waals surface area contributed by atoms with Gasteiger partial charge in [-0.1, -0.05) is 0 Å². The van der Waals surface area contributed by atoms with Gasteiger partial charge in [-0.15, -0.1) is 11.3 Å². The van der Waals surface area contributed by atoms with Gasteiger partial charge in [0.2, 0.25) is 0 Å². The van der Waals surface area contributed by atoms with E-state index in [9.17, 15) is 4.79 Å². The minimum atomic E-state index is -0.940. The topological polar surface area (TPSA) is 63.3 Å². The molecule has 0 aliphatic carbocycles. The van der Waals surface area contributed by atoms with E-state index in [1.807, 2.05) is 13.0 Å². The lowest BCUT2D eigenvalue weighted by molar-refractivity contribution is 0.0697. The van der Waals surface area contributed by atoms with Crippen molar-refractivity contribution >= 4 is 33.1 Å². The van der Waals surface area contributed by atoms with Crippen LogP contribution in [0.5, 0.6) is 0 Å². The van der Waals surface area contributed by atoms with Crippen LogP contribution in [0.25, 0.3) is 10.1 Å². The molecular weight excluding hydrogens is 198 g/mol. The zero-order chi connectivity index (χ0) is 10.3. The SMILES string of the molecule is Cc1cc2c(N)cc(C(=O)O)cc2s1. The summed E-state index contributed by atoms with van der Waals surface area (Å²) in [6.07, 6.45) is 0. The number of hydrogen-bond acceptors (Lipinski definition) is 3. The first kappa shape index (κ1) is 9.02. The number of rotatable bonds is 1. The van der Waals surface area contributed by atoms with Gasteiger partial charge in [0.1, 0.15) is 0 Å². The second-order valence-corrected chi connectivity index (χ2v) is 4.43. The van der Waals surface area contributed by atoms with Gasteiger partial charge in [0.15, 0.2) is 0 Å². The highest BCUT2D eigenvalue weighted by atomic mass is 32.1. The van der Waals surface area contributed by atoms with Gasteiger partial charge >= 0.3 is 5.97 Å². The Morgan fingerprint density at radius 2 is 2.14 bits per heavy atom. The number of nitrogen functional groups attached to an aromatic ring is 1. The predicted molar refractivity (Wildman–Crippen MR) is 57.9 cm³/mol. The van der Waals surface area contributed by atoms with Crippen molar-refractivity contribution in [3.05, 3.63) is 28.6 Å². The maximum absolute atomic E-state index is 10.8. The molecule has 0 unspecified atom stereocenters. The molecule has 3 nitrogen and oxygen atoms in total. The maximum Gasteiger partial charge on any atom is 0.335 e. The van der Waals surface area contributed by atoms with E-state index in [4.69, 9.17) is 10.8 Å². The minimum absolute atomic E-state index is 0.247. The van der Waals surface area contributed by atoms with E-state index in [1.54, 1.807) is 17.4 Å². The van der Waals surface area contributed by atoms with Crippen molar-refractivity contribution in [3.63, 3.8) is 0 Å². The Hall–Kier alpha value is -1.55. The first-order valence-electron chi connectivity index (χ1n) is 4.11. The van der Waals surface area contributed by atoms with E-state index in [0.717, 1.165) is 15.0 Å². The Labute approximate surface area is 84.8 Å². The van der Waals surface area contributed by atoms with E-state index < -0.39 is 5.97 Å². The summed E-state index contributed by atoms with van der Waals surface area (Å²) in [6, 6.07) is 5.13. The molecule has 1 aromatic heterocycles. The molecular formula is C10H9NO2S. The molecule has 2 rings (SSSR count). The number of aryl methyl sites for hydroxylation is 1. The van der Waals surface area contributed by atoms with Crippen molar-refractivity contribution in [1.29, 1.82) is 0 Å². The molecule has 0 radical (unpaired) electrons. The maximum atomic E-state index is 10.8. The number of aromatic carboxylic acids is 1. The van der Waals surface area contributed by atoms with Crippen molar-refractivity contribution in [1.82, 2.24) is 0 Å². The highest BCUT2D eigenvalue weighted by molar-refractivity contribution is 7.19. The number of carboxylic acid groups (broad SMARTS) is 1. The average Bonchev–Trinajstić information content (AvgIpc) is 2.45. The number of hydrogen-bond donors (Lipinski definition) is 2. The number of carboxylic acids is 1. The van der Waals surface area contributed by atoms with Crippen molar-refractivity contribution in [3.8, 4) is 0 Å². The van der Waals surface area contributed by atoms with Gasteiger partial charge in [0.25, 0.3) is 0 Å². The smallest absolute Gasteiger partial charge is 0.335 e. The molecule has 14 heavy (non-hydrogen) atoms. The predicted octanol–water partition coefficient (Wildman–Crippen LogP) is 2.49. The molecule has 0 atom stereocenters. The molecule has 72 valence electrons. The van der Waals surface area contributed by atoms with Gasteiger partial charge in [-0.05, 0) is 25.1 Å². The first-order valence-corrected chi connectivity index (χ1v) is 4.92. The lowest BCUT2D eigenvalue weighted by Crippen LogP contribution is -1.97. The van der Waals surface area contributed by atoms with Crippen molar-refractivity contribution < 1.29 is 9.90 Å². The summed E-state index contributed by atoms with van der Waals surface area (Å²) in [5.41, 5.74) is 6.53. The van der Waals surface area contributed by atoms with Crippen LogP contribution in [0.3, 0.4) is 0 Å². The van der Waals surface area contributed by atoms with Crippen LogP contribution in [-0.2, 0) is 0 Å². The van der Waals surface area contributed by atoms with E-state index in [1.165, 1.54) is 6.07 Å². The quantitative estimate of drug-likeness (QED) is 0.706. The van der Waals surface area contributed by atoms with Crippen molar-refractivity contribution in [2.24, 2.45) is 0 Å². The number of thiophene rings is 1. The third kappa shape index (κ3) is 1.33. The van der Waals surface area contributed by atoms with E-state index in [0.29, 0.717) is 5.69 Å².